The highest BCUT2D eigenvalue weighted by atomic mass is 32.2. The molecule has 1 saturated heterocycles. The molecule has 1 fully saturated rings. The van der Waals surface area contributed by atoms with Crippen LogP contribution in [0.4, 0.5) is 0 Å². The number of methoxy groups -OCH3 is 1. The summed E-state index contributed by atoms with van der Waals surface area (Å²) in [4.78, 5) is 11.1. The van der Waals surface area contributed by atoms with Gasteiger partial charge in [-0.05, 0) is 6.42 Å². The number of carboxylic acid groups (broad SMARTS) is 1. The highest BCUT2D eigenvalue weighted by Gasteiger charge is 2.44. The Kier molecular flexibility index (Phi) is 4.22. The van der Waals surface area contributed by atoms with Crippen molar-refractivity contribution in [3.8, 4) is 0 Å². The second kappa shape index (κ2) is 5.00. The van der Waals surface area contributed by atoms with Gasteiger partial charge in [0.2, 0.25) is 0 Å². The molecular formula is C9H17NO3S. The number of thioether (sulfide) groups is 1. The van der Waals surface area contributed by atoms with E-state index in [4.69, 9.17) is 9.84 Å². The summed E-state index contributed by atoms with van der Waals surface area (Å²) in [5, 5.41) is 12.7. The van der Waals surface area contributed by atoms with Gasteiger partial charge in [0.15, 0.2) is 0 Å². The van der Waals surface area contributed by atoms with Crippen LogP contribution >= 0.6 is 11.8 Å². The summed E-state index contributed by atoms with van der Waals surface area (Å²) in [7, 11) is 1.61. The van der Waals surface area contributed by atoms with Gasteiger partial charge in [-0.2, -0.15) is 11.8 Å². The first-order valence-corrected chi connectivity index (χ1v) is 5.74. The first-order valence-electron chi connectivity index (χ1n) is 4.70. The Hall–Kier alpha value is -0.260. The van der Waals surface area contributed by atoms with E-state index in [2.05, 4.69) is 12.2 Å². The molecule has 0 saturated carbocycles. The van der Waals surface area contributed by atoms with E-state index in [1.807, 2.05) is 0 Å². The standard InChI is InChI=1S/C9H17NO3S/c1-7-5-9(6-14-7,8(11)12)10-3-4-13-2/h7,10H,3-6H2,1-2H3,(H,11,12). The maximum atomic E-state index is 11.1. The van der Waals surface area contributed by atoms with Gasteiger partial charge < -0.3 is 9.84 Å². The van der Waals surface area contributed by atoms with Crippen LogP contribution in [-0.4, -0.2) is 47.9 Å². The first-order chi connectivity index (χ1) is 6.60. The zero-order valence-electron chi connectivity index (χ0n) is 8.58. The van der Waals surface area contributed by atoms with Crippen LogP contribution < -0.4 is 5.32 Å². The molecule has 0 aromatic heterocycles. The Morgan fingerprint density at radius 3 is 2.93 bits per heavy atom. The van der Waals surface area contributed by atoms with Crippen LogP contribution in [0.1, 0.15) is 13.3 Å². The summed E-state index contributed by atoms with van der Waals surface area (Å²) in [6.07, 6.45) is 0.691. The highest BCUT2D eigenvalue weighted by molar-refractivity contribution is 8.00. The maximum Gasteiger partial charge on any atom is 0.324 e. The van der Waals surface area contributed by atoms with Crippen molar-refractivity contribution in [2.24, 2.45) is 0 Å². The largest absolute Gasteiger partial charge is 0.480 e. The predicted octanol–water partition coefficient (Wildman–Crippen LogP) is 0.571. The van der Waals surface area contributed by atoms with E-state index in [0.29, 0.717) is 30.6 Å². The molecule has 2 N–H and O–H groups in total. The van der Waals surface area contributed by atoms with Crippen LogP contribution in [0.2, 0.25) is 0 Å². The van der Waals surface area contributed by atoms with Gasteiger partial charge in [0.1, 0.15) is 5.54 Å². The molecule has 0 radical (unpaired) electrons. The van der Waals surface area contributed by atoms with Gasteiger partial charge in [-0.3, -0.25) is 10.1 Å². The topological polar surface area (TPSA) is 58.6 Å². The van der Waals surface area contributed by atoms with Crippen LogP contribution in [0.25, 0.3) is 0 Å². The number of carboxylic acids is 1. The molecule has 82 valence electrons. The maximum absolute atomic E-state index is 11.1. The van der Waals surface area contributed by atoms with E-state index in [0.717, 1.165) is 0 Å². The molecule has 1 heterocycles. The van der Waals surface area contributed by atoms with Crippen molar-refractivity contribution in [3.05, 3.63) is 0 Å². The van der Waals surface area contributed by atoms with Gasteiger partial charge in [0, 0.05) is 24.7 Å². The zero-order chi connectivity index (χ0) is 10.6. The van der Waals surface area contributed by atoms with Gasteiger partial charge in [0.05, 0.1) is 6.61 Å². The van der Waals surface area contributed by atoms with E-state index >= 15 is 0 Å². The molecule has 14 heavy (non-hydrogen) atoms. The van der Waals surface area contributed by atoms with Gasteiger partial charge >= 0.3 is 5.97 Å². The number of hydrogen-bond donors (Lipinski definition) is 2. The number of nitrogens with one attached hydrogen (secondary N) is 1. The molecule has 1 aliphatic heterocycles. The first kappa shape index (κ1) is 11.8. The summed E-state index contributed by atoms with van der Waals surface area (Å²) < 4.78 is 4.89. The van der Waals surface area contributed by atoms with E-state index < -0.39 is 11.5 Å². The Bertz CT molecular complexity index is 212. The fraction of sp³-hybridized carbons (Fsp3) is 0.889. The minimum atomic E-state index is -0.745. The molecule has 4 nitrogen and oxygen atoms in total. The minimum Gasteiger partial charge on any atom is -0.480 e. The van der Waals surface area contributed by atoms with Crippen LogP contribution in [-0.2, 0) is 9.53 Å². The van der Waals surface area contributed by atoms with Gasteiger partial charge in [0.25, 0.3) is 0 Å². The van der Waals surface area contributed by atoms with Crippen molar-refractivity contribution in [3.63, 3.8) is 0 Å². The molecule has 0 aromatic carbocycles. The van der Waals surface area contributed by atoms with Crippen molar-refractivity contribution < 1.29 is 14.6 Å². The summed E-state index contributed by atoms with van der Waals surface area (Å²) in [6.45, 7) is 3.21. The van der Waals surface area contributed by atoms with Crippen molar-refractivity contribution >= 4 is 17.7 Å². The second-order valence-electron chi connectivity index (χ2n) is 3.63. The number of ether oxygens (including phenoxy) is 1. The summed E-state index contributed by atoms with van der Waals surface area (Å²) in [5.74, 6) is -0.0989. The molecular weight excluding hydrogens is 202 g/mol. The third-order valence-corrected chi connectivity index (χ3v) is 3.82. The van der Waals surface area contributed by atoms with Crippen molar-refractivity contribution in [1.29, 1.82) is 0 Å². The Labute approximate surface area is 88.4 Å². The predicted molar refractivity (Wildman–Crippen MR) is 56.8 cm³/mol. The number of rotatable bonds is 5. The van der Waals surface area contributed by atoms with Gasteiger partial charge in [-0.15, -0.1) is 0 Å². The summed E-state index contributed by atoms with van der Waals surface area (Å²) in [6, 6.07) is 0. The van der Waals surface area contributed by atoms with Crippen LogP contribution in [0.15, 0.2) is 0 Å². The minimum absolute atomic E-state index is 0.418. The zero-order valence-corrected chi connectivity index (χ0v) is 9.39. The molecule has 2 unspecified atom stereocenters. The fourth-order valence-corrected chi connectivity index (χ4v) is 2.95. The molecule has 1 rings (SSSR count). The monoisotopic (exact) mass is 219 g/mol. The fourth-order valence-electron chi connectivity index (χ4n) is 1.63. The van der Waals surface area contributed by atoms with Gasteiger partial charge in [-0.25, -0.2) is 0 Å². The molecule has 0 spiro atoms. The summed E-state index contributed by atoms with van der Waals surface area (Å²) >= 11 is 1.71. The Morgan fingerprint density at radius 1 is 1.79 bits per heavy atom. The Balaban J connectivity index is 2.50. The van der Waals surface area contributed by atoms with Gasteiger partial charge in [-0.1, -0.05) is 6.92 Å². The van der Waals surface area contributed by atoms with Crippen LogP contribution in [0, 0.1) is 0 Å². The second-order valence-corrected chi connectivity index (χ2v) is 5.06. The van der Waals surface area contributed by atoms with E-state index in [1.165, 1.54) is 0 Å². The SMILES string of the molecule is COCCNC1(C(=O)O)CSC(C)C1. The molecule has 0 aliphatic carbocycles. The lowest BCUT2D eigenvalue weighted by Gasteiger charge is -2.24. The average molecular weight is 219 g/mol. The molecule has 2 atom stereocenters. The van der Waals surface area contributed by atoms with E-state index in [-0.39, 0.29) is 0 Å². The number of hydrogen-bond acceptors (Lipinski definition) is 4. The van der Waals surface area contributed by atoms with Crippen LogP contribution in [0.5, 0.6) is 0 Å². The third kappa shape index (κ3) is 2.62. The number of carbonyl (C=O) groups is 1. The highest BCUT2D eigenvalue weighted by Crippen LogP contribution is 2.34. The lowest BCUT2D eigenvalue weighted by molar-refractivity contribution is -0.144. The normalized spacial score (nSPS) is 32.0. The molecule has 0 bridgehead atoms. The quantitative estimate of drug-likeness (QED) is 0.662. The summed E-state index contributed by atoms with van der Waals surface area (Å²) in [5.41, 5.74) is -0.734. The molecule has 0 amide bonds. The van der Waals surface area contributed by atoms with Crippen molar-refractivity contribution in [1.82, 2.24) is 5.32 Å². The van der Waals surface area contributed by atoms with E-state index in [1.54, 1.807) is 18.9 Å². The van der Waals surface area contributed by atoms with E-state index in [9.17, 15) is 4.79 Å². The lowest BCUT2D eigenvalue weighted by atomic mass is 9.96. The van der Waals surface area contributed by atoms with Crippen molar-refractivity contribution in [2.75, 3.05) is 26.0 Å². The van der Waals surface area contributed by atoms with Crippen molar-refractivity contribution in [2.45, 2.75) is 24.1 Å². The number of aliphatic carboxylic acids is 1. The lowest BCUT2D eigenvalue weighted by Crippen LogP contribution is -2.53. The smallest absolute Gasteiger partial charge is 0.324 e. The molecule has 5 heteroatoms. The third-order valence-electron chi connectivity index (χ3n) is 2.43. The Morgan fingerprint density at radius 2 is 2.50 bits per heavy atom. The molecule has 0 aromatic rings. The average Bonchev–Trinajstić information content (AvgIpc) is 2.49. The van der Waals surface area contributed by atoms with Crippen LogP contribution in [0.3, 0.4) is 0 Å². The molecule has 1 aliphatic rings.